The van der Waals surface area contributed by atoms with Crippen LogP contribution >= 0.6 is 11.3 Å². The monoisotopic (exact) mass is 445 g/mol. The van der Waals surface area contributed by atoms with E-state index in [2.05, 4.69) is 5.32 Å². The SMILES string of the molecule is COC(=O)Cc1c(-c2ccccc2)ccc(NC(=O)c2ccc(-c3ccccc3)s2)c1F. The number of hydrogen-bond donors (Lipinski definition) is 1. The summed E-state index contributed by atoms with van der Waals surface area (Å²) in [6, 6.07) is 25.7. The van der Waals surface area contributed by atoms with E-state index in [1.165, 1.54) is 24.5 Å². The van der Waals surface area contributed by atoms with E-state index >= 15 is 4.39 Å². The quantitative estimate of drug-likeness (QED) is 0.360. The summed E-state index contributed by atoms with van der Waals surface area (Å²) in [5, 5.41) is 2.65. The lowest BCUT2D eigenvalue weighted by atomic mass is 9.96. The molecule has 3 aromatic carbocycles. The molecule has 0 aliphatic carbocycles. The summed E-state index contributed by atoms with van der Waals surface area (Å²) in [5.41, 5.74) is 2.55. The Labute approximate surface area is 189 Å². The Kier molecular flexibility index (Phi) is 6.42. The number of carbonyl (C=O) groups excluding carboxylic acids is 2. The number of ether oxygens (including phenoxy) is 1. The molecular formula is C26H20FNO3S. The fourth-order valence-electron chi connectivity index (χ4n) is 3.40. The Bertz CT molecular complexity index is 1250. The van der Waals surface area contributed by atoms with Crippen LogP contribution in [0, 0.1) is 5.82 Å². The van der Waals surface area contributed by atoms with Gasteiger partial charge >= 0.3 is 5.97 Å². The highest BCUT2D eigenvalue weighted by atomic mass is 32.1. The normalized spacial score (nSPS) is 10.6. The smallest absolute Gasteiger partial charge is 0.310 e. The average Bonchev–Trinajstić information content (AvgIpc) is 3.33. The van der Waals surface area contributed by atoms with E-state index in [1.807, 2.05) is 66.7 Å². The average molecular weight is 446 g/mol. The highest BCUT2D eigenvalue weighted by molar-refractivity contribution is 7.17. The Morgan fingerprint density at radius 2 is 1.53 bits per heavy atom. The minimum atomic E-state index is -0.648. The molecule has 0 fully saturated rings. The zero-order chi connectivity index (χ0) is 22.5. The summed E-state index contributed by atoms with van der Waals surface area (Å²) in [6.07, 6.45) is -0.243. The van der Waals surface area contributed by atoms with Crippen LogP contribution < -0.4 is 5.32 Å². The van der Waals surface area contributed by atoms with Crippen molar-refractivity contribution < 1.29 is 18.7 Å². The molecule has 6 heteroatoms. The molecule has 0 spiro atoms. The van der Waals surface area contributed by atoms with Crippen LogP contribution in [0.3, 0.4) is 0 Å². The first kappa shape index (κ1) is 21.5. The molecule has 0 unspecified atom stereocenters. The van der Waals surface area contributed by atoms with Crippen LogP contribution in [0.15, 0.2) is 84.9 Å². The van der Waals surface area contributed by atoms with Crippen molar-refractivity contribution in [1.82, 2.24) is 0 Å². The van der Waals surface area contributed by atoms with Gasteiger partial charge in [-0.3, -0.25) is 9.59 Å². The van der Waals surface area contributed by atoms with Gasteiger partial charge in [-0.05, 0) is 34.9 Å². The minimum Gasteiger partial charge on any atom is -0.469 e. The third-order valence-corrected chi connectivity index (χ3v) is 6.15. The maximum atomic E-state index is 15.4. The first-order chi connectivity index (χ1) is 15.6. The van der Waals surface area contributed by atoms with E-state index in [9.17, 15) is 9.59 Å². The third kappa shape index (κ3) is 4.60. The number of carbonyl (C=O) groups is 2. The largest absolute Gasteiger partial charge is 0.469 e. The molecule has 0 saturated carbocycles. The van der Waals surface area contributed by atoms with Crippen LogP contribution in [0.4, 0.5) is 10.1 Å². The van der Waals surface area contributed by atoms with Crippen molar-refractivity contribution in [2.45, 2.75) is 6.42 Å². The number of thiophene rings is 1. The van der Waals surface area contributed by atoms with Crippen LogP contribution in [-0.4, -0.2) is 19.0 Å². The highest BCUT2D eigenvalue weighted by Gasteiger charge is 2.20. The molecule has 4 rings (SSSR count). The van der Waals surface area contributed by atoms with Gasteiger partial charge in [0.15, 0.2) is 5.82 Å². The number of halogens is 1. The summed E-state index contributed by atoms with van der Waals surface area (Å²) in [5.74, 6) is -1.62. The zero-order valence-electron chi connectivity index (χ0n) is 17.3. The van der Waals surface area contributed by atoms with E-state index in [4.69, 9.17) is 4.74 Å². The molecule has 1 N–H and O–H groups in total. The number of nitrogens with one attached hydrogen (secondary N) is 1. The fraction of sp³-hybridized carbons (Fsp3) is 0.0769. The fourth-order valence-corrected chi connectivity index (χ4v) is 4.30. The van der Waals surface area contributed by atoms with Crippen LogP contribution in [0.2, 0.25) is 0 Å². The summed E-state index contributed by atoms with van der Waals surface area (Å²) >= 11 is 1.33. The van der Waals surface area contributed by atoms with Gasteiger partial charge in [-0.25, -0.2) is 4.39 Å². The minimum absolute atomic E-state index is 0.0169. The molecule has 0 bridgehead atoms. The Morgan fingerprint density at radius 3 is 2.19 bits per heavy atom. The summed E-state index contributed by atoms with van der Waals surface area (Å²) in [7, 11) is 1.26. The Hall–Kier alpha value is -3.77. The first-order valence-corrected chi connectivity index (χ1v) is 10.8. The van der Waals surface area contributed by atoms with Crippen LogP contribution in [0.25, 0.3) is 21.6 Å². The molecule has 0 saturated heterocycles. The lowest BCUT2D eigenvalue weighted by Crippen LogP contribution is -2.14. The molecule has 4 nitrogen and oxygen atoms in total. The molecule has 0 atom stereocenters. The van der Waals surface area contributed by atoms with Crippen molar-refractivity contribution in [2.24, 2.45) is 0 Å². The van der Waals surface area contributed by atoms with Crippen molar-refractivity contribution in [3.05, 3.63) is 101 Å². The van der Waals surface area contributed by atoms with Gasteiger partial charge in [0.1, 0.15) is 0 Å². The van der Waals surface area contributed by atoms with E-state index < -0.39 is 17.7 Å². The maximum absolute atomic E-state index is 15.4. The van der Waals surface area contributed by atoms with Gasteiger partial charge in [0.25, 0.3) is 5.91 Å². The second-order valence-electron chi connectivity index (χ2n) is 7.06. The molecule has 0 aliphatic heterocycles. The number of esters is 1. The summed E-state index contributed by atoms with van der Waals surface area (Å²) in [6.45, 7) is 0. The summed E-state index contributed by atoms with van der Waals surface area (Å²) in [4.78, 5) is 26.1. The van der Waals surface area contributed by atoms with Crippen molar-refractivity contribution >= 4 is 28.9 Å². The molecule has 1 heterocycles. The molecule has 1 amide bonds. The number of methoxy groups -OCH3 is 1. The second kappa shape index (κ2) is 9.58. The predicted molar refractivity (Wildman–Crippen MR) is 125 cm³/mol. The maximum Gasteiger partial charge on any atom is 0.310 e. The Balaban J connectivity index is 1.64. The van der Waals surface area contributed by atoms with E-state index in [0.717, 1.165) is 16.0 Å². The molecule has 160 valence electrons. The van der Waals surface area contributed by atoms with Gasteiger partial charge in [0.05, 0.1) is 24.1 Å². The topological polar surface area (TPSA) is 55.4 Å². The Morgan fingerprint density at radius 1 is 0.875 bits per heavy atom. The molecule has 0 radical (unpaired) electrons. The highest BCUT2D eigenvalue weighted by Crippen LogP contribution is 2.32. The standard InChI is InChI=1S/C26H20FNO3S/c1-31-24(29)16-20-19(17-8-4-2-5-9-17)12-13-21(25(20)27)28-26(30)23-15-14-22(32-23)18-10-6-3-7-11-18/h2-15H,16H2,1H3,(H,28,30). The first-order valence-electron chi connectivity index (χ1n) is 9.97. The van der Waals surface area contributed by atoms with Crippen molar-refractivity contribution in [3.8, 4) is 21.6 Å². The van der Waals surface area contributed by atoms with Crippen molar-refractivity contribution in [3.63, 3.8) is 0 Å². The van der Waals surface area contributed by atoms with Gasteiger partial charge in [0, 0.05) is 10.4 Å². The van der Waals surface area contributed by atoms with Gasteiger partial charge < -0.3 is 10.1 Å². The molecule has 4 aromatic rings. The van der Waals surface area contributed by atoms with Gasteiger partial charge in [-0.2, -0.15) is 0 Å². The number of benzene rings is 3. The number of anilines is 1. The number of amides is 1. The lowest BCUT2D eigenvalue weighted by Gasteiger charge is -2.14. The zero-order valence-corrected chi connectivity index (χ0v) is 18.1. The number of hydrogen-bond acceptors (Lipinski definition) is 4. The van der Waals surface area contributed by atoms with Gasteiger partial charge in [-0.1, -0.05) is 66.7 Å². The molecule has 1 aromatic heterocycles. The van der Waals surface area contributed by atoms with E-state index in [-0.39, 0.29) is 17.7 Å². The van der Waals surface area contributed by atoms with Crippen LogP contribution in [0.5, 0.6) is 0 Å². The van der Waals surface area contributed by atoms with Crippen LogP contribution in [-0.2, 0) is 16.0 Å². The van der Waals surface area contributed by atoms with E-state index in [1.54, 1.807) is 12.1 Å². The third-order valence-electron chi connectivity index (χ3n) is 5.01. The molecule has 32 heavy (non-hydrogen) atoms. The van der Waals surface area contributed by atoms with Crippen molar-refractivity contribution in [1.29, 1.82) is 0 Å². The van der Waals surface area contributed by atoms with Crippen molar-refractivity contribution in [2.75, 3.05) is 12.4 Å². The molecule has 0 aliphatic rings. The van der Waals surface area contributed by atoms with Gasteiger partial charge in [0.2, 0.25) is 0 Å². The predicted octanol–water partition coefficient (Wildman–Crippen LogP) is 6.19. The number of rotatable bonds is 6. The lowest BCUT2D eigenvalue weighted by molar-refractivity contribution is -0.139. The molecular weight excluding hydrogens is 425 g/mol. The summed E-state index contributed by atoms with van der Waals surface area (Å²) < 4.78 is 20.2. The van der Waals surface area contributed by atoms with Gasteiger partial charge in [-0.15, -0.1) is 11.3 Å². The second-order valence-corrected chi connectivity index (χ2v) is 8.14. The van der Waals surface area contributed by atoms with E-state index in [0.29, 0.717) is 10.4 Å². The van der Waals surface area contributed by atoms with Crippen LogP contribution in [0.1, 0.15) is 15.2 Å².